The molecule has 2 N–H and O–H groups in total. The highest BCUT2D eigenvalue weighted by molar-refractivity contribution is 8.01. The summed E-state index contributed by atoms with van der Waals surface area (Å²) in [7, 11) is 0. The van der Waals surface area contributed by atoms with Crippen molar-refractivity contribution >= 4 is 17.6 Å². The molecule has 0 saturated carbocycles. The van der Waals surface area contributed by atoms with Crippen molar-refractivity contribution in [2.45, 2.75) is 5.51 Å². The molecule has 1 rings (SSSR count). The van der Waals surface area contributed by atoms with Gasteiger partial charge in [-0.2, -0.15) is 13.2 Å². The van der Waals surface area contributed by atoms with Crippen molar-refractivity contribution in [3.8, 4) is 5.75 Å². The van der Waals surface area contributed by atoms with Crippen LogP contribution in [-0.2, 0) is 0 Å². The van der Waals surface area contributed by atoms with Gasteiger partial charge < -0.3 is 9.83 Å². The first kappa shape index (κ1) is 10.0. The average Bonchev–Trinajstić information content (AvgIpc) is 2.02. The van der Waals surface area contributed by atoms with Gasteiger partial charge in [0, 0.05) is 5.69 Å². The van der Waals surface area contributed by atoms with E-state index in [1.54, 1.807) is 0 Å². The summed E-state index contributed by atoms with van der Waals surface area (Å²) < 4.78 is 37.1. The molecule has 0 aliphatic rings. The summed E-state index contributed by atoms with van der Waals surface area (Å²) in [4.78, 5) is 0. The monoisotopic (exact) mass is 209 g/mol. The van der Waals surface area contributed by atoms with Gasteiger partial charge in [-0.15, -0.1) is 0 Å². The van der Waals surface area contributed by atoms with Crippen LogP contribution in [0, 0.1) is 0 Å². The second-order valence-electron chi connectivity index (χ2n) is 2.20. The Bertz CT molecular complexity index is 272. The zero-order valence-corrected chi connectivity index (χ0v) is 7.12. The standard InChI is InChI=1S/C7H6F3NOS/c8-7(9,10)13-11-5-1-3-6(12)4-2-5/h1-4,11-12H. The molecule has 0 aliphatic carbocycles. The van der Waals surface area contributed by atoms with Crippen molar-refractivity contribution < 1.29 is 18.3 Å². The number of anilines is 1. The molecule has 72 valence electrons. The lowest BCUT2D eigenvalue weighted by molar-refractivity contribution is -0.0323. The molecular weight excluding hydrogens is 203 g/mol. The van der Waals surface area contributed by atoms with E-state index in [4.69, 9.17) is 5.11 Å². The second kappa shape index (κ2) is 3.78. The first-order chi connectivity index (χ1) is 5.97. The number of nitrogens with one attached hydrogen (secondary N) is 1. The number of phenols is 1. The fraction of sp³-hybridized carbons (Fsp3) is 0.143. The first-order valence-corrected chi connectivity index (χ1v) is 4.09. The van der Waals surface area contributed by atoms with E-state index in [1.165, 1.54) is 24.3 Å². The largest absolute Gasteiger partial charge is 0.508 e. The zero-order chi connectivity index (χ0) is 9.90. The van der Waals surface area contributed by atoms with Crippen LogP contribution in [0.4, 0.5) is 18.9 Å². The molecular formula is C7H6F3NOS. The third-order valence-corrected chi connectivity index (χ3v) is 1.72. The van der Waals surface area contributed by atoms with Crippen molar-refractivity contribution in [3.63, 3.8) is 0 Å². The van der Waals surface area contributed by atoms with Crippen LogP contribution >= 0.6 is 11.9 Å². The Labute approximate surface area is 76.9 Å². The molecule has 0 spiro atoms. The molecule has 0 amide bonds. The summed E-state index contributed by atoms with van der Waals surface area (Å²) in [6, 6.07) is 5.32. The Morgan fingerprint density at radius 2 is 1.69 bits per heavy atom. The Hall–Kier alpha value is -1.04. The summed E-state index contributed by atoms with van der Waals surface area (Å²) in [6.07, 6.45) is 0. The van der Waals surface area contributed by atoms with Crippen LogP contribution < -0.4 is 4.72 Å². The summed E-state index contributed by atoms with van der Waals surface area (Å²) in [5.41, 5.74) is -4.02. The number of hydrogen-bond acceptors (Lipinski definition) is 3. The predicted molar refractivity (Wildman–Crippen MR) is 45.4 cm³/mol. The molecule has 0 fully saturated rings. The summed E-state index contributed by atoms with van der Waals surface area (Å²) in [6.45, 7) is 0. The van der Waals surface area contributed by atoms with E-state index in [-0.39, 0.29) is 17.7 Å². The molecule has 2 nitrogen and oxygen atoms in total. The maximum Gasteiger partial charge on any atom is 0.461 e. The van der Waals surface area contributed by atoms with Crippen molar-refractivity contribution in [2.24, 2.45) is 0 Å². The number of hydrogen-bond donors (Lipinski definition) is 2. The van der Waals surface area contributed by atoms with E-state index in [2.05, 4.69) is 4.72 Å². The molecule has 0 aromatic heterocycles. The highest BCUT2D eigenvalue weighted by Gasteiger charge is 2.28. The van der Waals surface area contributed by atoms with E-state index < -0.39 is 5.51 Å². The topological polar surface area (TPSA) is 32.3 Å². The van der Waals surface area contributed by atoms with Gasteiger partial charge in [0.15, 0.2) is 0 Å². The van der Waals surface area contributed by atoms with Crippen LogP contribution in [0.3, 0.4) is 0 Å². The number of halogens is 3. The second-order valence-corrected chi connectivity index (χ2v) is 3.07. The lowest BCUT2D eigenvalue weighted by atomic mass is 10.3. The zero-order valence-electron chi connectivity index (χ0n) is 6.30. The van der Waals surface area contributed by atoms with Crippen LogP contribution in [-0.4, -0.2) is 10.6 Å². The smallest absolute Gasteiger partial charge is 0.461 e. The third kappa shape index (κ3) is 3.93. The first-order valence-electron chi connectivity index (χ1n) is 3.27. The number of benzene rings is 1. The Balaban J connectivity index is 2.51. The van der Waals surface area contributed by atoms with E-state index in [1.807, 2.05) is 0 Å². The Morgan fingerprint density at radius 3 is 2.15 bits per heavy atom. The van der Waals surface area contributed by atoms with E-state index in [0.717, 1.165) is 0 Å². The third-order valence-electron chi connectivity index (χ3n) is 1.15. The van der Waals surface area contributed by atoms with Gasteiger partial charge in [-0.3, -0.25) is 0 Å². The van der Waals surface area contributed by atoms with Gasteiger partial charge in [-0.25, -0.2) is 0 Å². The lowest BCUT2D eigenvalue weighted by Gasteiger charge is -2.07. The fourth-order valence-corrected chi connectivity index (χ4v) is 1.02. The van der Waals surface area contributed by atoms with Crippen LogP contribution in [0.1, 0.15) is 0 Å². The summed E-state index contributed by atoms with van der Waals surface area (Å²) >= 11 is -0.339. The molecule has 0 saturated heterocycles. The van der Waals surface area contributed by atoms with Gasteiger partial charge in [0.25, 0.3) is 0 Å². The van der Waals surface area contributed by atoms with Crippen LogP contribution in [0.15, 0.2) is 24.3 Å². The van der Waals surface area contributed by atoms with E-state index >= 15 is 0 Å². The molecule has 0 aliphatic heterocycles. The molecule has 6 heteroatoms. The van der Waals surface area contributed by atoms with Crippen LogP contribution in [0.25, 0.3) is 0 Å². The molecule has 1 aromatic rings. The van der Waals surface area contributed by atoms with Gasteiger partial charge in [-0.05, 0) is 24.3 Å². The minimum absolute atomic E-state index is 0.0163. The van der Waals surface area contributed by atoms with Crippen molar-refractivity contribution in [3.05, 3.63) is 24.3 Å². The van der Waals surface area contributed by atoms with Crippen LogP contribution in [0.2, 0.25) is 0 Å². The number of alkyl halides is 3. The summed E-state index contributed by atoms with van der Waals surface area (Å²) in [5.74, 6) is 0.0163. The van der Waals surface area contributed by atoms with E-state index in [0.29, 0.717) is 5.69 Å². The van der Waals surface area contributed by atoms with Crippen LogP contribution in [0.5, 0.6) is 5.75 Å². The molecule has 1 aromatic carbocycles. The van der Waals surface area contributed by atoms with Crippen molar-refractivity contribution in [1.29, 1.82) is 0 Å². The molecule has 13 heavy (non-hydrogen) atoms. The quantitative estimate of drug-likeness (QED) is 0.580. The fourth-order valence-electron chi connectivity index (χ4n) is 0.646. The van der Waals surface area contributed by atoms with Gasteiger partial charge in [-0.1, -0.05) is 0 Å². The van der Waals surface area contributed by atoms with Gasteiger partial charge in [0.05, 0.1) is 11.9 Å². The van der Waals surface area contributed by atoms with Crippen molar-refractivity contribution in [2.75, 3.05) is 4.72 Å². The van der Waals surface area contributed by atoms with Gasteiger partial charge in [0.1, 0.15) is 5.75 Å². The number of rotatable bonds is 2. The molecule has 0 unspecified atom stereocenters. The van der Waals surface area contributed by atoms with Gasteiger partial charge in [0.2, 0.25) is 0 Å². The summed E-state index contributed by atoms with van der Waals surface area (Å²) in [5, 5.41) is 8.83. The minimum atomic E-state index is -4.31. The molecule has 0 bridgehead atoms. The highest BCUT2D eigenvalue weighted by atomic mass is 32.2. The number of phenolic OH excluding ortho intramolecular Hbond substituents is 1. The minimum Gasteiger partial charge on any atom is -0.508 e. The number of aromatic hydroxyl groups is 1. The van der Waals surface area contributed by atoms with Gasteiger partial charge >= 0.3 is 5.51 Å². The SMILES string of the molecule is Oc1ccc(NSC(F)(F)F)cc1. The maximum absolute atomic E-state index is 11.7. The Kier molecular flexibility index (Phi) is 2.92. The molecule has 0 radical (unpaired) electrons. The Morgan fingerprint density at radius 1 is 1.15 bits per heavy atom. The maximum atomic E-state index is 11.7. The molecule has 0 atom stereocenters. The molecule has 0 heterocycles. The highest BCUT2D eigenvalue weighted by Crippen LogP contribution is 2.31. The predicted octanol–water partition coefficient (Wildman–Crippen LogP) is 2.97. The average molecular weight is 209 g/mol. The van der Waals surface area contributed by atoms with Crippen molar-refractivity contribution in [1.82, 2.24) is 0 Å². The normalized spacial score (nSPS) is 11.3. The lowest BCUT2D eigenvalue weighted by Crippen LogP contribution is -2.04. The van der Waals surface area contributed by atoms with E-state index in [9.17, 15) is 13.2 Å².